The molecule has 0 aliphatic rings. The number of hydrogen-bond acceptors (Lipinski definition) is 2. The van der Waals surface area contributed by atoms with E-state index in [1.807, 2.05) is 13.8 Å². The molecule has 0 aliphatic heterocycles. The van der Waals surface area contributed by atoms with E-state index in [1.54, 1.807) is 6.07 Å². The first-order valence-electron chi connectivity index (χ1n) is 4.97. The average Bonchev–Trinajstić information content (AvgIpc) is 2.17. The lowest BCUT2D eigenvalue weighted by atomic mass is 10.0. The lowest BCUT2D eigenvalue weighted by Crippen LogP contribution is -2.00. The van der Waals surface area contributed by atoms with Crippen molar-refractivity contribution in [2.24, 2.45) is 0 Å². The van der Waals surface area contributed by atoms with Crippen molar-refractivity contribution < 1.29 is 4.39 Å². The van der Waals surface area contributed by atoms with E-state index in [0.717, 1.165) is 28.8 Å². The molecule has 0 amide bonds. The van der Waals surface area contributed by atoms with Gasteiger partial charge in [-0.3, -0.25) is 4.98 Å². The van der Waals surface area contributed by atoms with Crippen molar-refractivity contribution >= 4 is 16.6 Å². The molecule has 2 N–H and O–H groups in total. The number of nitrogens with zero attached hydrogens (tertiary/aromatic N) is 1. The monoisotopic (exact) mass is 204 g/mol. The Morgan fingerprint density at radius 1 is 1.40 bits per heavy atom. The molecule has 0 unspecified atom stereocenters. The van der Waals surface area contributed by atoms with Crippen LogP contribution >= 0.6 is 0 Å². The van der Waals surface area contributed by atoms with Crippen molar-refractivity contribution in [3.05, 3.63) is 35.3 Å². The number of halogens is 1. The van der Waals surface area contributed by atoms with Gasteiger partial charge in [0.15, 0.2) is 0 Å². The molecule has 0 saturated heterocycles. The lowest BCUT2D eigenvalue weighted by molar-refractivity contribution is 0.629. The first kappa shape index (κ1) is 9.90. The average molecular weight is 204 g/mol. The number of aromatic nitrogens is 1. The Balaban J connectivity index is 2.84. The standard InChI is InChI=1S/C12H13FN2/c1-3-9-7(2)15-11-6-8(13)4-5-10(11)12(9)14/h4-6H,3H2,1-2H3,(H2,14,15). The molecule has 2 aromatic rings. The maximum atomic E-state index is 13.0. The molecule has 78 valence electrons. The van der Waals surface area contributed by atoms with Crippen molar-refractivity contribution in [2.75, 3.05) is 5.73 Å². The molecular weight excluding hydrogens is 191 g/mol. The van der Waals surface area contributed by atoms with Crippen LogP contribution in [-0.2, 0) is 6.42 Å². The van der Waals surface area contributed by atoms with Gasteiger partial charge in [-0.25, -0.2) is 4.39 Å². The van der Waals surface area contributed by atoms with Crippen LogP contribution in [0.15, 0.2) is 18.2 Å². The Bertz CT molecular complexity index is 521. The number of anilines is 1. The van der Waals surface area contributed by atoms with Crippen molar-refractivity contribution in [2.45, 2.75) is 20.3 Å². The van der Waals surface area contributed by atoms with Crippen LogP contribution in [0.5, 0.6) is 0 Å². The third-order valence-electron chi connectivity index (χ3n) is 2.65. The molecule has 0 atom stereocenters. The molecule has 0 saturated carbocycles. The molecule has 0 bridgehead atoms. The summed E-state index contributed by atoms with van der Waals surface area (Å²) < 4.78 is 13.0. The number of hydrogen-bond donors (Lipinski definition) is 1. The maximum Gasteiger partial charge on any atom is 0.125 e. The van der Waals surface area contributed by atoms with Crippen molar-refractivity contribution in [1.82, 2.24) is 4.98 Å². The van der Waals surface area contributed by atoms with Gasteiger partial charge in [-0.1, -0.05) is 6.92 Å². The normalized spacial score (nSPS) is 10.9. The summed E-state index contributed by atoms with van der Waals surface area (Å²) in [5.74, 6) is -0.280. The Labute approximate surface area is 87.9 Å². The smallest absolute Gasteiger partial charge is 0.125 e. The molecule has 2 rings (SSSR count). The van der Waals surface area contributed by atoms with Gasteiger partial charge in [0.2, 0.25) is 0 Å². The summed E-state index contributed by atoms with van der Waals surface area (Å²) in [7, 11) is 0. The zero-order valence-electron chi connectivity index (χ0n) is 8.84. The summed E-state index contributed by atoms with van der Waals surface area (Å²) in [6.07, 6.45) is 0.845. The lowest BCUT2D eigenvalue weighted by Gasteiger charge is -2.10. The summed E-state index contributed by atoms with van der Waals surface area (Å²) in [4.78, 5) is 4.35. The predicted octanol–water partition coefficient (Wildman–Crippen LogP) is 2.83. The maximum absolute atomic E-state index is 13.0. The fourth-order valence-electron chi connectivity index (χ4n) is 1.88. The van der Waals surface area contributed by atoms with E-state index < -0.39 is 0 Å². The number of pyridine rings is 1. The van der Waals surface area contributed by atoms with E-state index in [9.17, 15) is 4.39 Å². The van der Waals surface area contributed by atoms with E-state index in [2.05, 4.69) is 4.98 Å². The Morgan fingerprint density at radius 3 is 2.80 bits per heavy atom. The van der Waals surface area contributed by atoms with Crippen LogP contribution in [-0.4, -0.2) is 4.98 Å². The van der Waals surface area contributed by atoms with Crippen LogP contribution in [0.25, 0.3) is 10.9 Å². The highest BCUT2D eigenvalue weighted by Crippen LogP contribution is 2.26. The van der Waals surface area contributed by atoms with E-state index >= 15 is 0 Å². The first-order chi connectivity index (χ1) is 7.13. The van der Waals surface area contributed by atoms with Crippen LogP contribution in [0.3, 0.4) is 0 Å². The molecular formula is C12H13FN2. The topological polar surface area (TPSA) is 38.9 Å². The third-order valence-corrected chi connectivity index (χ3v) is 2.65. The predicted molar refractivity (Wildman–Crippen MR) is 60.2 cm³/mol. The summed E-state index contributed by atoms with van der Waals surface area (Å²) in [6.45, 7) is 3.94. The molecule has 15 heavy (non-hydrogen) atoms. The molecule has 0 aliphatic carbocycles. The summed E-state index contributed by atoms with van der Waals surface area (Å²) >= 11 is 0. The number of rotatable bonds is 1. The van der Waals surface area contributed by atoms with Gasteiger partial charge in [0.05, 0.1) is 5.52 Å². The van der Waals surface area contributed by atoms with Gasteiger partial charge in [0.1, 0.15) is 5.82 Å². The van der Waals surface area contributed by atoms with E-state index in [0.29, 0.717) is 5.52 Å². The highest BCUT2D eigenvalue weighted by Gasteiger charge is 2.08. The van der Waals surface area contributed by atoms with Crippen molar-refractivity contribution in [1.29, 1.82) is 0 Å². The molecule has 1 heterocycles. The van der Waals surface area contributed by atoms with Gasteiger partial charge in [-0.05, 0) is 31.0 Å². The van der Waals surface area contributed by atoms with Crippen LogP contribution in [0, 0.1) is 12.7 Å². The fourth-order valence-corrected chi connectivity index (χ4v) is 1.88. The third kappa shape index (κ3) is 1.54. The fraction of sp³-hybridized carbons (Fsp3) is 0.250. The first-order valence-corrected chi connectivity index (χ1v) is 4.97. The minimum Gasteiger partial charge on any atom is -0.398 e. The second kappa shape index (κ2) is 3.50. The Hall–Kier alpha value is -1.64. The second-order valence-electron chi connectivity index (χ2n) is 3.60. The van der Waals surface area contributed by atoms with Crippen LogP contribution < -0.4 is 5.73 Å². The highest BCUT2D eigenvalue weighted by molar-refractivity contribution is 5.92. The minimum absolute atomic E-state index is 0.280. The number of aryl methyl sites for hydroxylation is 1. The van der Waals surface area contributed by atoms with Gasteiger partial charge >= 0.3 is 0 Å². The highest BCUT2D eigenvalue weighted by atomic mass is 19.1. The molecule has 2 nitrogen and oxygen atoms in total. The molecule has 0 radical (unpaired) electrons. The van der Waals surface area contributed by atoms with Crippen molar-refractivity contribution in [3.8, 4) is 0 Å². The summed E-state index contributed by atoms with van der Waals surface area (Å²) in [6, 6.07) is 4.51. The zero-order chi connectivity index (χ0) is 11.0. The molecule has 0 fully saturated rings. The molecule has 3 heteroatoms. The number of nitrogen functional groups attached to an aromatic ring is 1. The molecule has 1 aromatic carbocycles. The quantitative estimate of drug-likeness (QED) is 0.775. The van der Waals surface area contributed by atoms with Gasteiger partial charge in [-0.15, -0.1) is 0 Å². The molecule has 1 aromatic heterocycles. The number of benzene rings is 1. The Morgan fingerprint density at radius 2 is 2.13 bits per heavy atom. The van der Waals surface area contributed by atoms with Crippen LogP contribution in [0.4, 0.5) is 10.1 Å². The second-order valence-corrected chi connectivity index (χ2v) is 3.60. The summed E-state index contributed by atoms with van der Waals surface area (Å²) in [5.41, 5.74) is 9.30. The van der Waals surface area contributed by atoms with Gasteiger partial charge in [0, 0.05) is 22.8 Å². The van der Waals surface area contributed by atoms with E-state index in [-0.39, 0.29) is 5.82 Å². The van der Waals surface area contributed by atoms with Crippen LogP contribution in [0.2, 0.25) is 0 Å². The van der Waals surface area contributed by atoms with Gasteiger partial charge in [-0.2, -0.15) is 0 Å². The largest absolute Gasteiger partial charge is 0.398 e. The Kier molecular flexibility index (Phi) is 2.31. The minimum atomic E-state index is -0.280. The van der Waals surface area contributed by atoms with Crippen molar-refractivity contribution in [3.63, 3.8) is 0 Å². The SMILES string of the molecule is CCc1c(C)nc2cc(F)ccc2c1N. The number of nitrogens with two attached hydrogens (primary N) is 1. The van der Waals surface area contributed by atoms with E-state index in [4.69, 9.17) is 5.73 Å². The van der Waals surface area contributed by atoms with Crippen LogP contribution in [0.1, 0.15) is 18.2 Å². The molecule has 0 spiro atoms. The summed E-state index contributed by atoms with van der Waals surface area (Å²) in [5, 5.41) is 0.832. The van der Waals surface area contributed by atoms with Gasteiger partial charge in [0.25, 0.3) is 0 Å². The van der Waals surface area contributed by atoms with E-state index in [1.165, 1.54) is 12.1 Å². The zero-order valence-corrected chi connectivity index (χ0v) is 8.84. The van der Waals surface area contributed by atoms with Gasteiger partial charge < -0.3 is 5.73 Å². The number of fused-ring (bicyclic) bond motifs is 1.